The van der Waals surface area contributed by atoms with Gasteiger partial charge >= 0.3 is 0 Å². The average molecular weight is 302 g/mol. The van der Waals surface area contributed by atoms with Crippen molar-refractivity contribution < 1.29 is 4.57 Å². The SMILES string of the molecule is Cc1cc(C)c(C)c(-c2c3c4c(ccc3cc[n+]2C)CCC4)c1. The van der Waals surface area contributed by atoms with Crippen molar-refractivity contribution in [2.24, 2.45) is 7.05 Å². The van der Waals surface area contributed by atoms with Crippen molar-refractivity contribution in [3.8, 4) is 11.3 Å². The van der Waals surface area contributed by atoms with E-state index in [-0.39, 0.29) is 0 Å². The molecule has 0 aliphatic heterocycles. The van der Waals surface area contributed by atoms with Crippen molar-refractivity contribution in [2.75, 3.05) is 0 Å². The highest BCUT2D eigenvalue weighted by Crippen LogP contribution is 2.36. The number of aromatic nitrogens is 1. The smallest absolute Gasteiger partial charge is 0.200 e. The third-order valence-electron chi connectivity index (χ3n) is 5.45. The van der Waals surface area contributed by atoms with Crippen LogP contribution in [-0.2, 0) is 19.9 Å². The lowest BCUT2D eigenvalue weighted by atomic mass is 9.92. The van der Waals surface area contributed by atoms with Gasteiger partial charge in [-0.1, -0.05) is 23.8 Å². The lowest BCUT2D eigenvalue weighted by Gasteiger charge is -2.13. The predicted octanol–water partition coefficient (Wildman–Crippen LogP) is 4.75. The average Bonchev–Trinajstić information content (AvgIpc) is 3.00. The lowest BCUT2D eigenvalue weighted by Crippen LogP contribution is -2.31. The molecule has 0 spiro atoms. The first-order valence-electron chi connectivity index (χ1n) is 8.57. The molecule has 1 nitrogen and oxygen atoms in total. The van der Waals surface area contributed by atoms with Crippen LogP contribution >= 0.6 is 0 Å². The van der Waals surface area contributed by atoms with E-state index < -0.39 is 0 Å². The van der Waals surface area contributed by atoms with Gasteiger partial charge in [0.2, 0.25) is 5.69 Å². The van der Waals surface area contributed by atoms with Gasteiger partial charge in [0, 0.05) is 6.07 Å². The van der Waals surface area contributed by atoms with Crippen LogP contribution in [0, 0.1) is 20.8 Å². The van der Waals surface area contributed by atoms with Gasteiger partial charge in [0.15, 0.2) is 6.20 Å². The summed E-state index contributed by atoms with van der Waals surface area (Å²) in [6.45, 7) is 6.68. The number of benzene rings is 2. The number of hydrogen-bond donors (Lipinski definition) is 0. The molecule has 0 N–H and O–H groups in total. The predicted molar refractivity (Wildman–Crippen MR) is 96.8 cm³/mol. The molecule has 0 unspecified atom stereocenters. The summed E-state index contributed by atoms with van der Waals surface area (Å²) < 4.78 is 2.31. The molecule has 0 atom stereocenters. The summed E-state index contributed by atoms with van der Waals surface area (Å²) in [6.07, 6.45) is 5.94. The highest BCUT2D eigenvalue weighted by molar-refractivity contribution is 5.97. The zero-order valence-electron chi connectivity index (χ0n) is 14.5. The standard InChI is InChI=1S/C22H24N/c1-14-12-15(2)16(3)20(13-14)22-21-18(10-11-23(22)4)9-8-17-6-5-7-19(17)21/h8-13H,5-7H2,1-4H3/q+1. The molecule has 2 aromatic carbocycles. The molecule has 0 radical (unpaired) electrons. The Morgan fingerprint density at radius 2 is 1.78 bits per heavy atom. The van der Waals surface area contributed by atoms with Crippen molar-refractivity contribution in [1.82, 2.24) is 0 Å². The third kappa shape index (κ3) is 2.18. The third-order valence-corrected chi connectivity index (χ3v) is 5.45. The normalized spacial score (nSPS) is 13.6. The molecule has 1 aliphatic rings. The van der Waals surface area contributed by atoms with Crippen LogP contribution in [-0.4, -0.2) is 0 Å². The number of hydrogen-bond acceptors (Lipinski definition) is 0. The van der Waals surface area contributed by atoms with Gasteiger partial charge in [0.25, 0.3) is 0 Å². The van der Waals surface area contributed by atoms with Crippen molar-refractivity contribution in [1.29, 1.82) is 0 Å². The van der Waals surface area contributed by atoms with Gasteiger partial charge in [-0.15, -0.1) is 0 Å². The number of pyridine rings is 1. The molecular formula is C22H24N+. The minimum Gasteiger partial charge on any atom is -0.200 e. The van der Waals surface area contributed by atoms with E-state index in [1.54, 1.807) is 11.1 Å². The largest absolute Gasteiger partial charge is 0.220 e. The highest BCUT2D eigenvalue weighted by Gasteiger charge is 2.24. The van der Waals surface area contributed by atoms with Crippen molar-refractivity contribution in [3.63, 3.8) is 0 Å². The van der Waals surface area contributed by atoms with Crippen molar-refractivity contribution in [2.45, 2.75) is 40.0 Å². The van der Waals surface area contributed by atoms with Gasteiger partial charge < -0.3 is 0 Å². The quantitative estimate of drug-likeness (QED) is 0.571. The Balaban J connectivity index is 2.16. The Morgan fingerprint density at radius 3 is 2.61 bits per heavy atom. The molecular weight excluding hydrogens is 278 g/mol. The van der Waals surface area contributed by atoms with E-state index in [4.69, 9.17) is 0 Å². The van der Waals surface area contributed by atoms with E-state index in [0.29, 0.717) is 0 Å². The number of nitrogens with zero attached hydrogens (tertiary/aromatic N) is 1. The van der Waals surface area contributed by atoms with Crippen LogP contribution in [0.1, 0.15) is 34.2 Å². The summed E-state index contributed by atoms with van der Waals surface area (Å²) in [5, 5.41) is 2.84. The van der Waals surface area contributed by atoms with Crippen LogP contribution < -0.4 is 4.57 Å². The number of rotatable bonds is 1. The molecule has 0 fully saturated rings. The van der Waals surface area contributed by atoms with E-state index in [2.05, 4.69) is 68.9 Å². The lowest BCUT2D eigenvalue weighted by molar-refractivity contribution is -0.659. The van der Waals surface area contributed by atoms with Gasteiger partial charge in [-0.3, -0.25) is 0 Å². The van der Waals surface area contributed by atoms with Crippen LogP contribution in [0.2, 0.25) is 0 Å². The van der Waals surface area contributed by atoms with Crippen LogP contribution in [0.3, 0.4) is 0 Å². The molecule has 1 heterocycles. The van der Waals surface area contributed by atoms with E-state index in [1.807, 2.05) is 0 Å². The first-order valence-corrected chi connectivity index (χ1v) is 8.57. The zero-order valence-corrected chi connectivity index (χ0v) is 14.5. The number of fused-ring (bicyclic) bond motifs is 3. The molecule has 0 amide bonds. The molecule has 1 aliphatic carbocycles. The maximum atomic E-state index is 2.35. The van der Waals surface area contributed by atoms with E-state index in [9.17, 15) is 0 Å². The Kier molecular flexibility index (Phi) is 3.26. The Labute approximate surface area is 138 Å². The van der Waals surface area contributed by atoms with Crippen LogP contribution in [0.5, 0.6) is 0 Å². The maximum Gasteiger partial charge on any atom is 0.220 e. The first-order chi connectivity index (χ1) is 11.1. The van der Waals surface area contributed by atoms with Crippen molar-refractivity contribution >= 4 is 10.8 Å². The molecule has 116 valence electrons. The van der Waals surface area contributed by atoms with E-state index in [1.165, 1.54) is 58.0 Å². The molecule has 0 saturated heterocycles. The summed E-state index contributed by atoms with van der Waals surface area (Å²) in [5.41, 5.74) is 10.0. The van der Waals surface area contributed by atoms with Crippen LogP contribution in [0.25, 0.3) is 22.0 Å². The molecule has 1 heteroatoms. The monoisotopic (exact) mass is 302 g/mol. The van der Waals surface area contributed by atoms with Gasteiger partial charge in [0.1, 0.15) is 7.05 Å². The molecule has 0 bridgehead atoms. The fourth-order valence-corrected chi connectivity index (χ4v) is 4.16. The number of aryl methyl sites for hydroxylation is 5. The second kappa shape index (κ2) is 5.19. The summed E-state index contributed by atoms with van der Waals surface area (Å²) in [5.74, 6) is 0. The molecule has 0 saturated carbocycles. The van der Waals surface area contributed by atoms with Gasteiger partial charge in [-0.05, 0) is 73.7 Å². The molecule has 1 aromatic heterocycles. The second-order valence-electron chi connectivity index (χ2n) is 7.05. The van der Waals surface area contributed by atoms with Crippen LogP contribution in [0.15, 0.2) is 36.5 Å². The summed E-state index contributed by atoms with van der Waals surface area (Å²) in [6, 6.07) is 11.5. The maximum absolute atomic E-state index is 2.35. The summed E-state index contributed by atoms with van der Waals surface area (Å²) in [4.78, 5) is 0. The Bertz CT molecular complexity index is 935. The summed E-state index contributed by atoms with van der Waals surface area (Å²) >= 11 is 0. The second-order valence-corrected chi connectivity index (χ2v) is 7.05. The topological polar surface area (TPSA) is 3.88 Å². The summed E-state index contributed by atoms with van der Waals surface area (Å²) in [7, 11) is 2.18. The van der Waals surface area contributed by atoms with E-state index in [0.717, 1.165) is 0 Å². The highest BCUT2D eigenvalue weighted by atomic mass is 14.9. The fraction of sp³-hybridized carbons (Fsp3) is 0.318. The van der Waals surface area contributed by atoms with Gasteiger partial charge in [-0.25, -0.2) is 4.57 Å². The van der Waals surface area contributed by atoms with Gasteiger partial charge in [-0.2, -0.15) is 0 Å². The molecule has 4 rings (SSSR count). The Morgan fingerprint density at radius 1 is 0.957 bits per heavy atom. The van der Waals surface area contributed by atoms with E-state index >= 15 is 0 Å². The minimum absolute atomic E-state index is 1.22. The molecule has 23 heavy (non-hydrogen) atoms. The fourth-order valence-electron chi connectivity index (χ4n) is 4.16. The van der Waals surface area contributed by atoms with Crippen molar-refractivity contribution in [3.05, 3.63) is 64.3 Å². The Hall–Kier alpha value is -2.15. The molecule has 3 aromatic rings. The van der Waals surface area contributed by atoms with Gasteiger partial charge in [0.05, 0.1) is 10.9 Å². The van der Waals surface area contributed by atoms with Crippen LogP contribution in [0.4, 0.5) is 0 Å². The first kappa shape index (κ1) is 14.4. The minimum atomic E-state index is 1.22. The zero-order chi connectivity index (χ0) is 16.1.